The van der Waals surface area contributed by atoms with Crippen molar-refractivity contribution in [3.8, 4) is 11.5 Å². The second kappa shape index (κ2) is 7.61. The molecule has 2 rings (SSSR count). The fourth-order valence-corrected chi connectivity index (χ4v) is 2.03. The molecule has 2 aromatic carbocycles. The molecule has 0 spiro atoms. The van der Waals surface area contributed by atoms with Gasteiger partial charge in [0.15, 0.2) is 0 Å². The Morgan fingerprint density at radius 2 is 1.86 bits per heavy atom. The van der Waals surface area contributed by atoms with Gasteiger partial charge < -0.3 is 9.47 Å². The molecule has 6 heteroatoms. The van der Waals surface area contributed by atoms with Crippen molar-refractivity contribution in [3.05, 3.63) is 58.1 Å². The standard InChI is InChI=1S/C16H15BrN2O3/c1-21-14-7-8-15(22-2)12(9-14)10-18-19-16(20)11-3-5-13(17)6-4-11/h3-10H,1-2H3,(H,19,20)/b18-10+. The molecule has 0 unspecified atom stereocenters. The molecule has 0 heterocycles. The number of carbonyl (C=O) groups is 1. The topological polar surface area (TPSA) is 59.9 Å². The van der Waals surface area contributed by atoms with Gasteiger partial charge in [0.2, 0.25) is 0 Å². The lowest BCUT2D eigenvalue weighted by atomic mass is 10.2. The Bertz CT molecular complexity index is 684. The average Bonchev–Trinajstić information content (AvgIpc) is 2.55. The quantitative estimate of drug-likeness (QED) is 0.656. The summed E-state index contributed by atoms with van der Waals surface area (Å²) in [5.74, 6) is 1.04. The van der Waals surface area contributed by atoms with E-state index in [0.29, 0.717) is 22.6 Å². The van der Waals surface area contributed by atoms with Gasteiger partial charge in [-0.3, -0.25) is 4.79 Å². The van der Waals surface area contributed by atoms with Gasteiger partial charge in [0.05, 0.1) is 20.4 Å². The first-order chi connectivity index (χ1) is 10.6. The van der Waals surface area contributed by atoms with Crippen LogP contribution in [0.25, 0.3) is 0 Å². The minimum Gasteiger partial charge on any atom is -0.497 e. The molecule has 114 valence electrons. The molecule has 22 heavy (non-hydrogen) atoms. The van der Waals surface area contributed by atoms with Crippen LogP contribution < -0.4 is 14.9 Å². The summed E-state index contributed by atoms with van der Waals surface area (Å²) < 4.78 is 11.3. The van der Waals surface area contributed by atoms with Crippen LogP contribution in [0.3, 0.4) is 0 Å². The Balaban J connectivity index is 2.08. The number of benzene rings is 2. The number of ether oxygens (including phenoxy) is 2. The highest BCUT2D eigenvalue weighted by Gasteiger charge is 2.05. The molecule has 0 saturated heterocycles. The predicted molar refractivity (Wildman–Crippen MR) is 88.7 cm³/mol. The lowest BCUT2D eigenvalue weighted by Crippen LogP contribution is -2.17. The number of hydrogen-bond donors (Lipinski definition) is 1. The van der Waals surface area contributed by atoms with Crippen molar-refractivity contribution in [3.63, 3.8) is 0 Å². The van der Waals surface area contributed by atoms with Crippen LogP contribution in [0.4, 0.5) is 0 Å². The van der Waals surface area contributed by atoms with Crippen molar-refractivity contribution < 1.29 is 14.3 Å². The van der Waals surface area contributed by atoms with Crippen molar-refractivity contribution in [1.29, 1.82) is 0 Å². The minimum absolute atomic E-state index is 0.286. The first-order valence-corrected chi connectivity index (χ1v) is 7.24. The second-order valence-electron chi connectivity index (χ2n) is 4.31. The third kappa shape index (κ3) is 4.08. The number of halogens is 1. The van der Waals surface area contributed by atoms with E-state index in [4.69, 9.17) is 9.47 Å². The molecule has 0 bridgehead atoms. The summed E-state index contributed by atoms with van der Waals surface area (Å²) in [6.45, 7) is 0. The van der Waals surface area contributed by atoms with Crippen molar-refractivity contribution in [1.82, 2.24) is 5.43 Å². The molecule has 1 N–H and O–H groups in total. The van der Waals surface area contributed by atoms with Crippen molar-refractivity contribution in [2.45, 2.75) is 0 Å². The zero-order chi connectivity index (χ0) is 15.9. The Labute approximate surface area is 137 Å². The van der Waals surface area contributed by atoms with Gasteiger partial charge in [-0.25, -0.2) is 5.43 Å². The summed E-state index contributed by atoms with van der Waals surface area (Å²) in [6.07, 6.45) is 1.51. The average molecular weight is 363 g/mol. The Hall–Kier alpha value is -2.34. The van der Waals surface area contributed by atoms with Crippen molar-refractivity contribution >= 4 is 28.1 Å². The molecule has 0 atom stereocenters. The highest BCUT2D eigenvalue weighted by Crippen LogP contribution is 2.22. The molecule has 0 fully saturated rings. The SMILES string of the molecule is COc1ccc(OC)c(/C=N/NC(=O)c2ccc(Br)cc2)c1. The fraction of sp³-hybridized carbons (Fsp3) is 0.125. The molecule has 0 aliphatic heterocycles. The first-order valence-electron chi connectivity index (χ1n) is 6.45. The summed E-state index contributed by atoms with van der Waals surface area (Å²) in [7, 11) is 3.15. The number of nitrogens with one attached hydrogen (secondary N) is 1. The first kappa shape index (κ1) is 16.0. The van der Waals surface area contributed by atoms with E-state index in [2.05, 4.69) is 26.5 Å². The second-order valence-corrected chi connectivity index (χ2v) is 5.23. The lowest BCUT2D eigenvalue weighted by Gasteiger charge is -2.06. The fourth-order valence-electron chi connectivity index (χ4n) is 1.77. The molecule has 5 nitrogen and oxygen atoms in total. The minimum atomic E-state index is -0.286. The van der Waals surface area contributed by atoms with Crippen LogP contribution in [0.2, 0.25) is 0 Å². The summed E-state index contributed by atoms with van der Waals surface area (Å²) >= 11 is 3.32. The highest BCUT2D eigenvalue weighted by molar-refractivity contribution is 9.10. The van der Waals surface area contributed by atoms with E-state index in [1.165, 1.54) is 6.21 Å². The summed E-state index contributed by atoms with van der Waals surface area (Å²) in [4.78, 5) is 11.9. The number of hydrazone groups is 1. The van der Waals surface area contributed by atoms with E-state index >= 15 is 0 Å². The van der Waals surface area contributed by atoms with Crippen LogP contribution >= 0.6 is 15.9 Å². The van der Waals surface area contributed by atoms with Gasteiger partial charge in [-0.1, -0.05) is 15.9 Å². The van der Waals surface area contributed by atoms with Crippen LogP contribution in [0.5, 0.6) is 11.5 Å². The van der Waals surface area contributed by atoms with Crippen LogP contribution in [-0.4, -0.2) is 26.3 Å². The van der Waals surface area contributed by atoms with Crippen molar-refractivity contribution in [2.24, 2.45) is 5.10 Å². The van der Waals surface area contributed by atoms with Gasteiger partial charge in [-0.15, -0.1) is 0 Å². The molecule has 1 amide bonds. The van der Waals surface area contributed by atoms with E-state index in [1.54, 1.807) is 56.7 Å². The molecular weight excluding hydrogens is 348 g/mol. The van der Waals surface area contributed by atoms with Gasteiger partial charge in [0, 0.05) is 15.6 Å². The van der Waals surface area contributed by atoms with E-state index in [0.717, 1.165) is 4.47 Å². The third-order valence-corrected chi connectivity index (χ3v) is 3.44. The van der Waals surface area contributed by atoms with E-state index in [9.17, 15) is 4.79 Å². The summed E-state index contributed by atoms with van der Waals surface area (Å²) in [5, 5.41) is 3.95. The monoisotopic (exact) mass is 362 g/mol. The molecule has 0 aromatic heterocycles. The summed E-state index contributed by atoms with van der Waals surface area (Å²) in [5.41, 5.74) is 3.71. The maximum absolute atomic E-state index is 11.9. The Morgan fingerprint density at radius 3 is 2.50 bits per heavy atom. The van der Waals surface area contributed by atoms with Gasteiger partial charge in [-0.2, -0.15) is 5.10 Å². The number of methoxy groups -OCH3 is 2. The number of rotatable bonds is 5. The van der Waals surface area contributed by atoms with Gasteiger partial charge in [0.1, 0.15) is 11.5 Å². The smallest absolute Gasteiger partial charge is 0.271 e. The molecule has 0 aliphatic rings. The molecule has 2 aromatic rings. The van der Waals surface area contributed by atoms with E-state index in [-0.39, 0.29) is 5.91 Å². The van der Waals surface area contributed by atoms with E-state index in [1.807, 2.05) is 0 Å². The highest BCUT2D eigenvalue weighted by atomic mass is 79.9. The van der Waals surface area contributed by atoms with E-state index < -0.39 is 0 Å². The third-order valence-electron chi connectivity index (χ3n) is 2.91. The van der Waals surface area contributed by atoms with Gasteiger partial charge in [-0.05, 0) is 42.5 Å². The Kier molecular flexibility index (Phi) is 5.55. The lowest BCUT2D eigenvalue weighted by molar-refractivity contribution is 0.0955. The number of nitrogens with zero attached hydrogens (tertiary/aromatic N) is 1. The predicted octanol–water partition coefficient (Wildman–Crippen LogP) is 3.23. The maximum Gasteiger partial charge on any atom is 0.271 e. The molecule has 0 radical (unpaired) electrons. The number of hydrogen-bond acceptors (Lipinski definition) is 4. The van der Waals surface area contributed by atoms with Crippen LogP contribution in [-0.2, 0) is 0 Å². The number of amides is 1. The van der Waals surface area contributed by atoms with Crippen molar-refractivity contribution in [2.75, 3.05) is 14.2 Å². The zero-order valence-electron chi connectivity index (χ0n) is 12.2. The van der Waals surface area contributed by atoms with Gasteiger partial charge >= 0.3 is 0 Å². The zero-order valence-corrected chi connectivity index (χ0v) is 13.8. The molecule has 0 aliphatic carbocycles. The van der Waals surface area contributed by atoms with Gasteiger partial charge in [0.25, 0.3) is 5.91 Å². The molecular formula is C16H15BrN2O3. The maximum atomic E-state index is 11.9. The summed E-state index contributed by atoms with van der Waals surface area (Å²) in [6, 6.07) is 12.3. The molecule has 0 saturated carbocycles. The Morgan fingerprint density at radius 1 is 1.14 bits per heavy atom. The largest absolute Gasteiger partial charge is 0.497 e. The normalized spacial score (nSPS) is 10.5. The van der Waals surface area contributed by atoms with Crippen LogP contribution in [0, 0.1) is 0 Å². The van der Waals surface area contributed by atoms with Crippen LogP contribution in [0.15, 0.2) is 52.0 Å². The number of carbonyl (C=O) groups excluding carboxylic acids is 1. The van der Waals surface area contributed by atoms with Crippen LogP contribution in [0.1, 0.15) is 15.9 Å².